The molecule has 0 aromatic rings. The molecule has 212 valence electrons. The van der Waals surface area contributed by atoms with Crippen LogP contribution >= 0.6 is 23.5 Å². The van der Waals surface area contributed by atoms with Gasteiger partial charge in [-0.2, -0.15) is 23.5 Å². The molecule has 0 aromatic carbocycles. The predicted octanol–water partition coefficient (Wildman–Crippen LogP) is 3.56. The number of Topliss-reactive ketones (excluding diaryl/α,β-unsaturated/α-hetero) is 1. The molecule has 0 radical (unpaired) electrons. The number of carbonyl (C=O) groups is 4. The number of amides is 4. The van der Waals surface area contributed by atoms with Gasteiger partial charge < -0.3 is 26.4 Å². The molecule has 38 heavy (non-hydrogen) atoms. The molecule has 0 aliphatic carbocycles. The number of rotatable bonds is 15. The first-order valence-electron chi connectivity index (χ1n) is 13.5. The molecule has 0 aromatic heterocycles. The van der Waals surface area contributed by atoms with Crippen LogP contribution in [0.5, 0.6) is 0 Å². The van der Waals surface area contributed by atoms with Crippen molar-refractivity contribution in [3.8, 4) is 0 Å². The number of aliphatic carboxylic acids is 1. The van der Waals surface area contributed by atoms with Crippen LogP contribution in [-0.2, 0) is 9.59 Å². The Morgan fingerprint density at radius 3 is 1.82 bits per heavy atom. The highest BCUT2D eigenvalue weighted by molar-refractivity contribution is 8.00. The van der Waals surface area contributed by atoms with Crippen molar-refractivity contribution in [2.75, 3.05) is 18.1 Å². The molecular weight excluding hydrogens is 530 g/mol. The van der Waals surface area contributed by atoms with Crippen molar-refractivity contribution in [2.24, 2.45) is 5.11 Å². The van der Waals surface area contributed by atoms with Crippen molar-refractivity contribution in [3.05, 3.63) is 10.4 Å². The molecular formula is C24H39N7O5S2. The fourth-order valence-corrected chi connectivity index (χ4v) is 8.34. The lowest BCUT2D eigenvalue weighted by atomic mass is 10.0. The van der Waals surface area contributed by atoms with Gasteiger partial charge in [0.1, 0.15) is 5.78 Å². The highest BCUT2D eigenvalue weighted by Crippen LogP contribution is 2.34. The summed E-state index contributed by atoms with van der Waals surface area (Å²) in [6.45, 7) is 0.477. The van der Waals surface area contributed by atoms with Crippen LogP contribution in [0, 0.1) is 0 Å². The van der Waals surface area contributed by atoms with Gasteiger partial charge in [-0.15, -0.1) is 0 Å². The molecule has 4 amide bonds. The van der Waals surface area contributed by atoms with Gasteiger partial charge in [0.15, 0.2) is 0 Å². The average molecular weight is 570 g/mol. The van der Waals surface area contributed by atoms with Crippen molar-refractivity contribution >= 4 is 47.3 Å². The molecule has 14 heteroatoms. The molecule has 0 bridgehead atoms. The maximum absolute atomic E-state index is 11.7. The van der Waals surface area contributed by atoms with Crippen LogP contribution < -0.4 is 21.3 Å². The first-order valence-corrected chi connectivity index (χ1v) is 15.6. The maximum atomic E-state index is 11.7. The molecule has 4 heterocycles. The van der Waals surface area contributed by atoms with E-state index in [-0.39, 0.29) is 42.7 Å². The number of ketones is 1. The molecule has 12 nitrogen and oxygen atoms in total. The third-order valence-corrected chi connectivity index (χ3v) is 10.2. The third-order valence-electron chi connectivity index (χ3n) is 7.23. The van der Waals surface area contributed by atoms with Crippen LogP contribution in [0.2, 0.25) is 0 Å². The van der Waals surface area contributed by atoms with Crippen LogP contribution in [0.1, 0.15) is 70.6 Å². The lowest BCUT2D eigenvalue weighted by Gasteiger charge is -2.16. The molecule has 4 rings (SSSR count). The van der Waals surface area contributed by atoms with Gasteiger partial charge in [-0.1, -0.05) is 18.0 Å². The SMILES string of the molecule is O=C(O)CCCC[C@H]1SC[C@@H]2NC(=O)N[C@@H]21.[N-]=[N+]=NCCCCC(=O)CCCC[C@H]1SC[C@@H]2NC(=O)N[C@@H]21. The van der Waals surface area contributed by atoms with E-state index in [2.05, 4.69) is 31.3 Å². The second-order valence-electron chi connectivity index (χ2n) is 10.1. The normalized spacial score (nSPS) is 28.5. The van der Waals surface area contributed by atoms with Crippen LogP contribution in [0.3, 0.4) is 0 Å². The van der Waals surface area contributed by atoms with Gasteiger partial charge in [0, 0.05) is 52.7 Å². The van der Waals surface area contributed by atoms with E-state index in [1.54, 1.807) is 0 Å². The zero-order valence-corrected chi connectivity index (χ0v) is 23.2. The minimum atomic E-state index is -0.729. The van der Waals surface area contributed by atoms with Gasteiger partial charge >= 0.3 is 18.0 Å². The Morgan fingerprint density at radius 1 is 0.816 bits per heavy atom. The van der Waals surface area contributed by atoms with Gasteiger partial charge in [0.2, 0.25) is 0 Å². The van der Waals surface area contributed by atoms with Crippen LogP contribution in [0.25, 0.3) is 10.4 Å². The molecule has 5 N–H and O–H groups in total. The van der Waals surface area contributed by atoms with E-state index in [0.29, 0.717) is 35.7 Å². The number of carbonyl (C=O) groups excluding carboxylic acids is 3. The van der Waals surface area contributed by atoms with Crippen molar-refractivity contribution in [1.29, 1.82) is 0 Å². The van der Waals surface area contributed by atoms with E-state index in [1.165, 1.54) is 0 Å². The monoisotopic (exact) mass is 569 g/mol. The summed E-state index contributed by atoms with van der Waals surface area (Å²) in [6.07, 6.45) is 8.69. The van der Waals surface area contributed by atoms with E-state index in [9.17, 15) is 19.2 Å². The van der Waals surface area contributed by atoms with E-state index >= 15 is 0 Å². The summed E-state index contributed by atoms with van der Waals surface area (Å²) in [6, 6.07) is 0.931. The quantitative estimate of drug-likeness (QED) is 0.0656. The number of thioether (sulfide) groups is 2. The Morgan fingerprint density at radius 2 is 1.32 bits per heavy atom. The fraction of sp³-hybridized carbons (Fsp3) is 0.833. The van der Waals surface area contributed by atoms with Gasteiger partial charge in [-0.3, -0.25) is 9.59 Å². The number of carboxylic acid groups (broad SMARTS) is 1. The number of carboxylic acids is 1. The highest BCUT2D eigenvalue weighted by atomic mass is 32.2. The van der Waals surface area contributed by atoms with E-state index < -0.39 is 5.97 Å². The van der Waals surface area contributed by atoms with Crippen molar-refractivity contribution in [1.82, 2.24) is 21.3 Å². The molecule has 0 spiro atoms. The summed E-state index contributed by atoms with van der Waals surface area (Å²) in [7, 11) is 0. The number of nitrogens with one attached hydrogen (secondary N) is 4. The molecule has 6 atom stereocenters. The number of unbranched alkanes of at least 4 members (excludes halogenated alkanes) is 3. The second kappa shape index (κ2) is 15.9. The lowest BCUT2D eigenvalue weighted by Crippen LogP contribution is -2.36. The Bertz CT molecular complexity index is 888. The number of urea groups is 2. The Balaban J connectivity index is 0.000000221. The van der Waals surface area contributed by atoms with E-state index in [0.717, 1.165) is 62.9 Å². The molecule has 4 aliphatic heterocycles. The third kappa shape index (κ3) is 9.77. The maximum Gasteiger partial charge on any atom is 0.315 e. The average Bonchev–Trinajstić information content (AvgIpc) is 3.62. The lowest BCUT2D eigenvalue weighted by molar-refractivity contribution is -0.137. The number of nitrogens with zero attached hydrogens (tertiary/aromatic N) is 3. The van der Waals surface area contributed by atoms with Crippen molar-refractivity contribution < 1.29 is 24.3 Å². The minimum absolute atomic E-state index is 0.0452. The van der Waals surface area contributed by atoms with Gasteiger partial charge in [0.25, 0.3) is 0 Å². The smallest absolute Gasteiger partial charge is 0.315 e. The van der Waals surface area contributed by atoms with Gasteiger partial charge in [-0.05, 0) is 44.1 Å². The van der Waals surface area contributed by atoms with E-state index in [1.807, 2.05) is 23.5 Å². The summed E-state index contributed by atoms with van der Waals surface area (Å²) >= 11 is 3.79. The molecule has 4 fully saturated rings. The zero-order chi connectivity index (χ0) is 27.3. The number of azide groups is 1. The van der Waals surface area contributed by atoms with Crippen molar-refractivity contribution in [2.45, 2.75) is 105 Å². The zero-order valence-electron chi connectivity index (χ0n) is 21.6. The highest BCUT2D eigenvalue weighted by Gasteiger charge is 2.43. The summed E-state index contributed by atoms with van der Waals surface area (Å²) in [5, 5.41) is 24.6. The minimum Gasteiger partial charge on any atom is -0.481 e. The molecule has 0 saturated carbocycles. The summed E-state index contributed by atoms with van der Waals surface area (Å²) < 4.78 is 0. The Labute approximate surface area is 231 Å². The van der Waals surface area contributed by atoms with Crippen LogP contribution in [-0.4, -0.2) is 81.6 Å². The Hall–Kier alpha value is -2.31. The van der Waals surface area contributed by atoms with Crippen molar-refractivity contribution in [3.63, 3.8) is 0 Å². The fourth-order valence-electron chi connectivity index (χ4n) is 5.25. The second-order valence-corrected chi connectivity index (χ2v) is 12.6. The number of hydrogen-bond donors (Lipinski definition) is 5. The molecule has 4 saturated heterocycles. The number of fused-ring (bicyclic) bond motifs is 2. The Kier molecular flexibility index (Phi) is 12.7. The summed E-state index contributed by atoms with van der Waals surface area (Å²) in [5.41, 5.74) is 8.14. The molecule has 0 unspecified atom stereocenters. The summed E-state index contributed by atoms with van der Waals surface area (Å²) in [5.74, 6) is 1.52. The van der Waals surface area contributed by atoms with Crippen LogP contribution in [0.4, 0.5) is 9.59 Å². The van der Waals surface area contributed by atoms with Gasteiger partial charge in [-0.25, -0.2) is 9.59 Å². The topological polar surface area (TPSA) is 185 Å². The first-order chi connectivity index (χ1) is 18.4. The van der Waals surface area contributed by atoms with E-state index in [4.69, 9.17) is 10.6 Å². The van der Waals surface area contributed by atoms with Crippen LogP contribution in [0.15, 0.2) is 5.11 Å². The molecule has 4 aliphatic rings. The first kappa shape index (κ1) is 30.2. The predicted molar refractivity (Wildman–Crippen MR) is 148 cm³/mol. The largest absolute Gasteiger partial charge is 0.481 e. The number of hydrogen-bond acceptors (Lipinski definition) is 7. The summed E-state index contributed by atoms with van der Waals surface area (Å²) in [4.78, 5) is 47.2. The standard InChI is InChI=1S/C14H23N5O2S.C10H16N2O3S/c15-19-16-8-4-3-6-10(20)5-1-2-7-12-13-11(9-22-12)17-14(21)18-13;13-8(14)4-2-1-3-7-9-6(5-16-7)11-10(15)12-9/h11-13H,1-9H2,(H2,17,18,21);6-7,9H,1-5H2,(H,13,14)(H2,11,12,15)/t11-,12+,13-;6-,7+,9-/m00/s1. The van der Waals surface area contributed by atoms with Gasteiger partial charge in [0.05, 0.1) is 24.2 Å².